The van der Waals surface area contributed by atoms with Crippen molar-refractivity contribution in [2.24, 2.45) is 0 Å². The number of carbonyl (C=O) groups is 1. The van der Waals surface area contributed by atoms with Crippen molar-refractivity contribution < 1.29 is 4.79 Å². The third-order valence-electron chi connectivity index (χ3n) is 4.49. The van der Waals surface area contributed by atoms with Crippen molar-refractivity contribution in [1.29, 1.82) is 0 Å². The van der Waals surface area contributed by atoms with Crippen molar-refractivity contribution in [2.75, 3.05) is 32.5 Å². The molecule has 0 spiro atoms. The van der Waals surface area contributed by atoms with E-state index in [0.29, 0.717) is 23.9 Å². The smallest absolute Gasteiger partial charge is 0.270 e. The molecule has 0 atom stereocenters. The number of anilines is 2. The number of rotatable bonds is 7. The lowest BCUT2D eigenvalue weighted by molar-refractivity contribution is 0.0946. The van der Waals surface area contributed by atoms with Gasteiger partial charge in [0.15, 0.2) is 5.82 Å². The van der Waals surface area contributed by atoms with Gasteiger partial charge >= 0.3 is 0 Å². The quantitative estimate of drug-likeness (QED) is 0.643. The van der Waals surface area contributed by atoms with Gasteiger partial charge in [0.05, 0.1) is 0 Å². The van der Waals surface area contributed by atoms with Crippen LogP contribution in [-0.2, 0) is 0 Å². The summed E-state index contributed by atoms with van der Waals surface area (Å²) in [5, 5.41) is 6.28. The summed E-state index contributed by atoms with van der Waals surface area (Å²) < 4.78 is 0. The summed E-state index contributed by atoms with van der Waals surface area (Å²) in [7, 11) is 3.94. The Bertz CT molecular complexity index is 986. The van der Waals surface area contributed by atoms with E-state index in [1.165, 1.54) is 0 Å². The predicted octanol–water partition coefficient (Wildman–Crippen LogP) is 3.80. The van der Waals surface area contributed by atoms with Crippen LogP contribution in [0.15, 0.2) is 54.6 Å². The van der Waals surface area contributed by atoms with E-state index >= 15 is 0 Å². The van der Waals surface area contributed by atoms with Crippen LogP contribution >= 0.6 is 0 Å². The van der Waals surface area contributed by atoms with Crippen LogP contribution in [0.2, 0.25) is 0 Å². The molecule has 0 fully saturated rings. The minimum absolute atomic E-state index is 0.213. The maximum absolute atomic E-state index is 12.7. The van der Waals surface area contributed by atoms with Crippen LogP contribution < -0.4 is 10.6 Å². The molecular formula is C23H27N5O. The van der Waals surface area contributed by atoms with E-state index in [0.717, 1.165) is 28.9 Å². The largest absolute Gasteiger partial charge is 0.349 e. The Hall–Kier alpha value is -3.25. The van der Waals surface area contributed by atoms with Gasteiger partial charge in [-0.2, -0.15) is 0 Å². The standard InChI is InChI=1S/C23H27N5O/c1-16-10-11-17(2)19(14-16)25-21-15-20(23(29)24-12-13-28(3)4)26-22(27-21)18-8-6-5-7-9-18/h5-11,14-15H,12-13H2,1-4H3,(H,24,29)(H,25,26,27). The Balaban J connectivity index is 1.94. The summed E-state index contributed by atoms with van der Waals surface area (Å²) in [4.78, 5) is 23.9. The number of aryl methyl sites for hydroxylation is 2. The van der Waals surface area contributed by atoms with Gasteiger partial charge in [0.1, 0.15) is 11.5 Å². The van der Waals surface area contributed by atoms with Crippen LogP contribution in [0.25, 0.3) is 11.4 Å². The molecule has 3 aromatic rings. The van der Waals surface area contributed by atoms with E-state index in [4.69, 9.17) is 0 Å². The van der Waals surface area contributed by atoms with Crippen molar-refractivity contribution in [3.05, 3.63) is 71.4 Å². The molecule has 2 N–H and O–H groups in total. The van der Waals surface area contributed by atoms with Crippen molar-refractivity contribution in [3.8, 4) is 11.4 Å². The van der Waals surface area contributed by atoms with Gasteiger partial charge in [0, 0.05) is 30.4 Å². The number of aromatic nitrogens is 2. The number of nitrogens with zero attached hydrogens (tertiary/aromatic N) is 3. The van der Waals surface area contributed by atoms with Crippen LogP contribution in [0.1, 0.15) is 21.6 Å². The number of nitrogens with one attached hydrogen (secondary N) is 2. The molecule has 0 aliphatic rings. The first kappa shape index (κ1) is 20.5. The number of amides is 1. The molecule has 0 aliphatic heterocycles. The molecule has 3 rings (SSSR count). The van der Waals surface area contributed by atoms with E-state index in [1.54, 1.807) is 6.07 Å². The average Bonchev–Trinajstić information content (AvgIpc) is 2.71. The fraction of sp³-hybridized carbons (Fsp3) is 0.261. The molecule has 150 valence electrons. The molecule has 6 heteroatoms. The second-order valence-electron chi connectivity index (χ2n) is 7.33. The number of likely N-dealkylation sites (N-methyl/N-ethyl adjacent to an activating group) is 1. The molecule has 6 nitrogen and oxygen atoms in total. The Labute approximate surface area is 172 Å². The first-order valence-electron chi connectivity index (χ1n) is 9.64. The monoisotopic (exact) mass is 389 g/mol. The van der Waals surface area contributed by atoms with Gasteiger partial charge in [-0.05, 0) is 45.1 Å². The van der Waals surface area contributed by atoms with Gasteiger partial charge in [-0.15, -0.1) is 0 Å². The van der Waals surface area contributed by atoms with Crippen LogP contribution in [0.4, 0.5) is 11.5 Å². The molecular weight excluding hydrogens is 362 g/mol. The Morgan fingerprint density at radius 2 is 1.76 bits per heavy atom. The van der Waals surface area contributed by atoms with Gasteiger partial charge in [-0.25, -0.2) is 9.97 Å². The van der Waals surface area contributed by atoms with E-state index < -0.39 is 0 Å². The minimum atomic E-state index is -0.213. The Kier molecular flexibility index (Phi) is 6.57. The maximum Gasteiger partial charge on any atom is 0.270 e. The zero-order valence-corrected chi connectivity index (χ0v) is 17.4. The topological polar surface area (TPSA) is 70.2 Å². The second kappa shape index (κ2) is 9.30. The normalized spacial score (nSPS) is 10.8. The summed E-state index contributed by atoms with van der Waals surface area (Å²) in [6.45, 7) is 5.39. The summed E-state index contributed by atoms with van der Waals surface area (Å²) in [5.74, 6) is 0.888. The van der Waals surface area contributed by atoms with E-state index in [2.05, 4.69) is 38.8 Å². The zero-order valence-electron chi connectivity index (χ0n) is 17.4. The van der Waals surface area contributed by atoms with Gasteiger partial charge in [-0.3, -0.25) is 4.79 Å². The number of hydrogen-bond donors (Lipinski definition) is 2. The number of carbonyl (C=O) groups excluding carboxylic acids is 1. The van der Waals surface area contributed by atoms with Crippen molar-refractivity contribution in [1.82, 2.24) is 20.2 Å². The van der Waals surface area contributed by atoms with Gasteiger partial charge in [-0.1, -0.05) is 42.5 Å². The van der Waals surface area contributed by atoms with E-state index in [9.17, 15) is 4.79 Å². The number of hydrogen-bond acceptors (Lipinski definition) is 5. The zero-order chi connectivity index (χ0) is 20.8. The van der Waals surface area contributed by atoms with Gasteiger partial charge in [0.25, 0.3) is 5.91 Å². The van der Waals surface area contributed by atoms with Crippen LogP contribution in [-0.4, -0.2) is 48.0 Å². The first-order valence-corrected chi connectivity index (χ1v) is 9.64. The van der Waals surface area contributed by atoms with Crippen molar-refractivity contribution in [2.45, 2.75) is 13.8 Å². The molecule has 0 saturated carbocycles. The van der Waals surface area contributed by atoms with E-state index in [1.807, 2.05) is 63.2 Å². The molecule has 1 amide bonds. The molecule has 0 bridgehead atoms. The SMILES string of the molecule is Cc1ccc(C)c(Nc2cc(C(=O)NCCN(C)C)nc(-c3ccccc3)n2)c1. The molecule has 29 heavy (non-hydrogen) atoms. The van der Waals surface area contributed by atoms with Gasteiger partial charge in [0.2, 0.25) is 0 Å². The molecule has 2 aromatic carbocycles. The van der Waals surface area contributed by atoms with Crippen LogP contribution in [0.3, 0.4) is 0 Å². The van der Waals surface area contributed by atoms with Crippen molar-refractivity contribution in [3.63, 3.8) is 0 Å². The summed E-state index contributed by atoms with van der Waals surface area (Å²) >= 11 is 0. The highest BCUT2D eigenvalue weighted by molar-refractivity contribution is 5.93. The van der Waals surface area contributed by atoms with Gasteiger partial charge < -0.3 is 15.5 Å². The lowest BCUT2D eigenvalue weighted by Crippen LogP contribution is -2.32. The third kappa shape index (κ3) is 5.62. The third-order valence-corrected chi connectivity index (χ3v) is 4.49. The lowest BCUT2D eigenvalue weighted by Gasteiger charge is -2.13. The molecule has 0 radical (unpaired) electrons. The van der Waals surface area contributed by atoms with Crippen LogP contribution in [0.5, 0.6) is 0 Å². The maximum atomic E-state index is 12.7. The average molecular weight is 390 g/mol. The van der Waals surface area contributed by atoms with E-state index in [-0.39, 0.29) is 5.91 Å². The fourth-order valence-electron chi connectivity index (χ4n) is 2.84. The van der Waals surface area contributed by atoms with Crippen LogP contribution in [0, 0.1) is 13.8 Å². The molecule has 0 unspecified atom stereocenters. The predicted molar refractivity (Wildman–Crippen MR) is 118 cm³/mol. The minimum Gasteiger partial charge on any atom is -0.349 e. The molecule has 0 aliphatic carbocycles. The molecule has 1 heterocycles. The lowest BCUT2D eigenvalue weighted by atomic mass is 10.1. The highest BCUT2D eigenvalue weighted by atomic mass is 16.1. The summed E-state index contributed by atoms with van der Waals surface area (Å²) in [6, 6.07) is 17.6. The summed E-state index contributed by atoms with van der Waals surface area (Å²) in [5.41, 5.74) is 4.41. The highest BCUT2D eigenvalue weighted by Gasteiger charge is 2.14. The molecule has 0 saturated heterocycles. The first-order chi connectivity index (χ1) is 13.9. The highest BCUT2D eigenvalue weighted by Crippen LogP contribution is 2.23. The Morgan fingerprint density at radius 1 is 1.00 bits per heavy atom. The second-order valence-corrected chi connectivity index (χ2v) is 7.33. The fourth-order valence-corrected chi connectivity index (χ4v) is 2.84. The number of benzene rings is 2. The molecule has 1 aromatic heterocycles. The Morgan fingerprint density at radius 3 is 2.48 bits per heavy atom. The summed E-state index contributed by atoms with van der Waals surface area (Å²) in [6.07, 6.45) is 0. The van der Waals surface area contributed by atoms with Crippen molar-refractivity contribution >= 4 is 17.4 Å².